The number of anilines is 1. The quantitative estimate of drug-likeness (QED) is 0.823. The summed E-state index contributed by atoms with van der Waals surface area (Å²) in [5, 5.41) is 2.80. The number of hydrogen-bond acceptors (Lipinski definition) is 2. The van der Waals surface area contributed by atoms with Crippen LogP contribution >= 0.6 is 0 Å². The van der Waals surface area contributed by atoms with Gasteiger partial charge in [0.05, 0.1) is 6.54 Å². The molecule has 0 bridgehead atoms. The number of amides is 1. The van der Waals surface area contributed by atoms with E-state index in [2.05, 4.69) is 24.1 Å². The van der Waals surface area contributed by atoms with Crippen molar-refractivity contribution in [2.45, 2.75) is 26.2 Å². The van der Waals surface area contributed by atoms with Gasteiger partial charge in [-0.2, -0.15) is 0 Å². The fourth-order valence-electron chi connectivity index (χ4n) is 1.56. The summed E-state index contributed by atoms with van der Waals surface area (Å²) >= 11 is 0. The van der Waals surface area contributed by atoms with Crippen LogP contribution in [0.25, 0.3) is 0 Å². The van der Waals surface area contributed by atoms with Crippen LogP contribution in [0.4, 0.5) is 5.69 Å². The Morgan fingerprint density at radius 3 is 2.53 bits per heavy atom. The van der Waals surface area contributed by atoms with Gasteiger partial charge in [-0.25, -0.2) is 0 Å². The van der Waals surface area contributed by atoms with E-state index in [-0.39, 0.29) is 5.91 Å². The molecule has 19 heavy (non-hydrogen) atoms. The normalized spacial score (nSPS) is 9.42. The number of carbonyl (C=O) groups is 1. The molecule has 102 valence electrons. The van der Waals surface area contributed by atoms with Crippen molar-refractivity contribution in [3.63, 3.8) is 0 Å². The van der Waals surface area contributed by atoms with Crippen LogP contribution in [0, 0.1) is 11.8 Å². The molecule has 1 aromatic rings. The third-order valence-electron chi connectivity index (χ3n) is 2.75. The molecule has 1 aromatic carbocycles. The summed E-state index contributed by atoms with van der Waals surface area (Å²) in [6.07, 6.45) is 2.57. The van der Waals surface area contributed by atoms with Crippen molar-refractivity contribution < 1.29 is 4.79 Å². The smallest absolute Gasteiger partial charge is 0.220 e. The lowest BCUT2D eigenvalue weighted by Gasteiger charge is -2.11. The molecule has 0 aliphatic rings. The number of unbranched alkanes of at least 4 members (excludes halogenated alkanes) is 1. The first-order chi connectivity index (χ1) is 9.13. The first-order valence-corrected chi connectivity index (χ1v) is 6.66. The number of benzene rings is 1. The van der Waals surface area contributed by atoms with Gasteiger partial charge in [0, 0.05) is 31.8 Å². The highest BCUT2D eigenvalue weighted by atomic mass is 16.1. The second kappa shape index (κ2) is 8.20. The lowest BCUT2D eigenvalue weighted by molar-refractivity contribution is -0.120. The Labute approximate surface area is 116 Å². The first-order valence-electron chi connectivity index (χ1n) is 6.66. The molecule has 1 amide bonds. The van der Waals surface area contributed by atoms with Gasteiger partial charge in [-0.05, 0) is 30.7 Å². The molecule has 0 aliphatic carbocycles. The van der Waals surface area contributed by atoms with Gasteiger partial charge in [0.25, 0.3) is 0 Å². The maximum absolute atomic E-state index is 11.3. The van der Waals surface area contributed by atoms with E-state index in [0.717, 1.165) is 24.1 Å². The van der Waals surface area contributed by atoms with E-state index >= 15 is 0 Å². The average molecular weight is 258 g/mol. The summed E-state index contributed by atoms with van der Waals surface area (Å²) in [6, 6.07) is 8.04. The van der Waals surface area contributed by atoms with Crippen LogP contribution in [0.5, 0.6) is 0 Å². The molecule has 0 saturated heterocycles. The monoisotopic (exact) mass is 258 g/mol. The lowest BCUT2D eigenvalue weighted by Crippen LogP contribution is -2.22. The largest absolute Gasteiger partial charge is 0.378 e. The van der Waals surface area contributed by atoms with E-state index in [1.165, 1.54) is 0 Å². The Kier molecular flexibility index (Phi) is 6.52. The molecule has 0 aromatic heterocycles. The van der Waals surface area contributed by atoms with Gasteiger partial charge in [0.15, 0.2) is 0 Å². The third kappa shape index (κ3) is 5.96. The molecule has 0 atom stereocenters. The Hall–Kier alpha value is -1.95. The van der Waals surface area contributed by atoms with Gasteiger partial charge in [0.2, 0.25) is 5.91 Å². The molecule has 1 rings (SSSR count). The molecule has 3 heteroatoms. The molecule has 0 aliphatic heterocycles. The number of hydrogen-bond donors (Lipinski definition) is 1. The Morgan fingerprint density at radius 1 is 1.26 bits per heavy atom. The Balaban J connectivity index is 2.39. The van der Waals surface area contributed by atoms with Gasteiger partial charge in [-0.1, -0.05) is 25.2 Å². The minimum atomic E-state index is 0.0825. The van der Waals surface area contributed by atoms with E-state index in [1.54, 1.807) is 0 Å². The SMILES string of the molecule is CCCCC(=O)NCC#Cc1ccc(N(C)C)cc1. The van der Waals surface area contributed by atoms with Crippen molar-refractivity contribution in [3.05, 3.63) is 29.8 Å². The van der Waals surface area contributed by atoms with Gasteiger partial charge >= 0.3 is 0 Å². The van der Waals surface area contributed by atoms with E-state index in [4.69, 9.17) is 0 Å². The maximum atomic E-state index is 11.3. The zero-order valence-corrected chi connectivity index (χ0v) is 12.0. The number of nitrogens with zero attached hydrogens (tertiary/aromatic N) is 1. The summed E-state index contributed by atoms with van der Waals surface area (Å²) < 4.78 is 0. The van der Waals surface area contributed by atoms with Crippen molar-refractivity contribution in [2.24, 2.45) is 0 Å². The van der Waals surface area contributed by atoms with Crippen LogP contribution in [0.1, 0.15) is 31.7 Å². The Bertz CT molecular complexity index is 452. The predicted octanol–water partition coefficient (Wildman–Crippen LogP) is 2.41. The molecule has 0 fully saturated rings. The van der Waals surface area contributed by atoms with Crippen molar-refractivity contribution in [2.75, 3.05) is 25.5 Å². The summed E-state index contributed by atoms with van der Waals surface area (Å²) in [7, 11) is 4.01. The summed E-state index contributed by atoms with van der Waals surface area (Å²) in [5.74, 6) is 6.08. The summed E-state index contributed by atoms with van der Waals surface area (Å²) in [6.45, 7) is 2.49. The molecular weight excluding hydrogens is 236 g/mol. The molecule has 0 heterocycles. The predicted molar refractivity (Wildman–Crippen MR) is 80.2 cm³/mol. The zero-order chi connectivity index (χ0) is 14.1. The summed E-state index contributed by atoms with van der Waals surface area (Å²) in [5.41, 5.74) is 2.12. The highest BCUT2D eigenvalue weighted by molar-refractivity contribution is 5.76. The van der Waals surface area contributed by atoms with E-state index < -0.39 is 0 Å². The molecule has 1 N–H and O–H groups in total. The van der Waals surface area contributed by atoms with Crippen LogP contribution < -0.4 is 10.2 Å². The number of carbonyl (C=O) groups excluding carboxylic acids is 1. The maximum Gasteiger partial charge on any atom is 0.220 e. The first kappa shape index (κ1) is 15.1. The lowest BCUT2D eigenvalue weighted by atomic mass is 10.2. The zero-order valence-electron chi connectivity index (χ0n) is 12.0. The van der Waals surface area contributed by atoms with Crippen molar-refractivity contribution in [3.8, 4) is 11.8 Å². The van der Waals surface area contributed by atoms with E-state index in [0.29, 0.717) is 13.0 Å². The van der Waals surface area contributed by atoms with Gasteiger partial charge in [-0.15, -0.1) is 0 Å². The van der Waals surface area contributed by atoms with Crippen molar-refractivity contribution in [1.29, 1.82) is 0 Å². The van der Waals surface area contributed by atoms with Crippen LogP contribution in [-0.4, -0.2) is 26.5 Å². The fourth-order valence-corrected chi connectivity index (χ4v) is 1.56. The highest BCUT2D eigenvalue weighted by Gasteiger charge is 1.97. The third-order valence-corrected chi connectivity index (χ3v) is 2.75. The number of nitrogens with one attached hydrogen (secondary N) is 1. The minimum absolute atomic E-state index is 0.0825. The van der Waals surface area contributed by atoms with Crippen molar-refractivity contribution in [1.82, 2.24) is 5.32 Å². The molecule has 0 unspecified atom stereocenters. The number of rotatable bonds is 5. The van der Waals surface area contributed by atoms with Crippen LogP contribution in [-0.2, 0) is 4.79 Å². The minimum Gasteiger partial charge on any atom is -0.378 e. The molecular formula is C16H22N2O. The van der Waals surface area contributed by atoms with E-state index in [1.807, 2.05) is 43.3 Å². The van der Waals surface area contributed by atoms with Gasteiger partial charge in [0.1, 0.15) is 0 Å². The Morgan fingerprint density at radius 2 is 1.95 bits per heavy atom. The van der Waals surface area contributed by atoms with Crippen LogP contribution in [0.2, 0.25) is 0 Å². The highest BCUT2D eigenvalue weighted by Crippen LogP contribution is 2.11. The fraction of sp³-hybridized carbons (Fsp3) is 0.438. The molecule has 0 saturated carbocycles. The molecule has 3 nitrogen and oxygen atoms in total. The van der Waals surface area contributed by atoms with E-state index in [9.17, 15) is 4.79 Å². The van der Waals surface area contributed by atoms with Crippen LogP contribution in [0.3, 0.4) is 0 Å². The summed E-state index contributed by atoms with van der Waals surface area (Å²) in [4.78, 5) is 13.4. The standard InChI is InChI=1S/C16H22N2O/c1-4-5-8-16(19)17-13-6-7-14-9-11-15(12-10-14)18(2)3/h9-12H,4-5,8,13H2,1-3H3,(H,17,19). The molecule has 0 spiro atoms. The second-order valence-electron chi connectivity index (χ2n) is 4.62. The van der Waals surface area contributed by atoms with Gasteiger partial charge in [-0.3, -0.25) is 4.79 Å². The van der Waals surface area contributed by atoms with Crippen molar-refractivity contribution >= 4 is 11.6 Å². The second-order valence-corrected chi connectivity index (χ2v) is 4.62. The molecule has 0 radical (unpaired) electrons. The van der Waals surface area contributed by atoms with Gasteiger partial charge < -0.3 is 10.2 Å². The average Bonchev–Trinajstić information content (AvgIpc) is 2.41. The topological polar surface area (TPSA) is 32.3 Å². The van der Waals surface area contributed by atoms with Crippen LogP contribution in [0.15, 0.2) is 24.3 Å².